The molecule has 7 aliphatic heterocycles. The number of aromatic nitrogens is 2. The van der Waals surface area contributed by atoms with Gasteiger partial charge in [-0.1, -0.05) is 27.7 Å². The van der Waals surface area contributed by atoms with Crippen LogP contribution in [0.15, 0.2) is 40.1 Å². The molecule has 9 N–H and O–H groups in total. The molecule has 11 rings (SSSR count). The number of phosphoric ester groups is 1. The van der Waals surface area contributed by atoms with E-state index in [0.717, 1.165) is 105 Å². The van der Waals surface area contributed by atoms with Gasteiger partial charge < -0.3 is 54.8 Å². The Labute approximate surface area is 453 Å². The molecule has 6 atom stereocenters. The van der Waals surface area contributed by atoms with Crippen molar-refractivity contribution < 1.29 is 75.3 Å². The number of aromatic carboxylic acids is 1. The number of H-pyrrole nitrogens is 1. The Morgan fingerprint density at radius 2 is 1.69 bits per heavy atom. The highest BCUT2D eigenvalue weighted by molar-refractivity contribution is 8.77. The summed E-state index contributed by atoms with van der Waals surface area (Å²) in [6.07, 6.45) is 6.24. The largest absolute Gasteiger partial charge is 0.490 e. The number of nitrogens with two attached hydrogens (primary N) is 1. The number of nitrogens with zero attached hydrogens (tertiary/aromatic N) is 4. The molecule has 4 unspecified atom stereocenters. The van der Waals surface area contributed by atoms with Crippen LogP contribution < -0.4 is 41.4 Å². The normalized spacial score (nSPS) is 22.6. The zero-order valence-electron chi connectivity index (χ0n) is 42.2. The molecule has 0 bridgehead atoms. The number of nitrogens with one attached hydrogen (secondary N) is 2. The molecule has 1 aromatic heterocycles. The summed E-state index contributed by atoms with van der Waals surface area (Å²) in [6, 6.07) is 9.31. The van der Waals surface area contributed by atoms with E-state index in [1.807, 2.05) is 13.8 Å². The van der Waals surface area contributed by atoms with Gasteiger partial charge in [0.25, 0.3) is 11.5 Å². The van der Waals surface area contributed by atoms with Crippen LogP contribution in [0.1, 0.15) is 112 Å². The number of aryl methyl sites for hydroxylation is 2. The number of rotatable bonds is 18. The fourth-order valence-corrected chi connectivity index (χ4v) is 16.9. The lowest BCUT2D eigenvalue weighted by Gasteiger charge is -2.39. The number of hydrogen-bond acceptors (Lipinski definition) is 18. The Hall–Kier alpha value is -4.75. The molecule has 29 heteroatoms. The molecule has 78 heavy (non-hydrogen) atoms. The topological polar surface area (TPSA) is 344 Å². The third kappa shape index (κ3) is 11.2. The smallest absolute Gasteiger partial charge is 0.478 e. The highest BCUT2D eigenvalue weighted by Gasteiger charge is 2.46. The second-order valence-corrected chi connectivity index (χ2v) is 28.1. The van der Waals surface area contributed by atoms with E-state index in [-0.39, 0.29) is 47.4 Å². The molecule has 7 aliphatic rings. The standard InChI is InChI=1S/C49H56N7O17P3S2/c1-49(2,78-77-24-68-36-20-35(34-21-51-40-39(34)53-48(50)54-46(40)58)70-37(36)22-69-75(64,65)73-76(66,67)72-74(61,62)63)23-52-45(57)27-11-12-28(31(19-27)47(59)60)38-32-17-25-7-3-13-55-15-5-9-29(41(25)55)43(32)71-44-30-10-6-16-56-14-4-8-26(42(30)56)18-33(38)44/h11-12,17-19,21,34-37H,3-10,13-16,20,22-24H2,1-2H3,(H8-,50,52,53,54,57,58,59,60,61,62,63,64,65,66,67)/p+1/t34?,35-,36?,37-/m1/s1. The first-order valence-electron chi connectivity index (χ1n) is 25.4. The summed E-state index contributed by atoms with van der Waals surface area (Å²) in [5.41, 5.74) is 13.9. The summed E-state index contributed by atoms with van der Waals surface area (Å²) >= 11 is 0. The molecule has 1 amide bonds. The molecule has 416 valence electrons. The van der Waals surface area contributed by atoms with Crippen molar-refractivity contribution in [3.63, 3.8) is 0 Å². The van der Waals surface area contributed by atoms with Gasteiger partial charge in [-0.3, -0.25) is 24.1 Å². The van der Waals surface area contributed by atoms with Crippen molar-refractivity contribution in [2.24, 2.45) is 4.99 Å². The molecule has 24 nitrogen and oxygen atoms in total. The lowest BCUT2D eigenvalue weighted by Crippen LogP contribution is -2.45. The van der Waals surface area contributed by atoms with Gasteiger partial charge in [0.05, 0.1) is 41.6 Å². The predicted octanol–water partition coefficient (Wildman–Crippen LogP) is 4.72. The molecule has 1 fully saturated rings. The van der Waals surface area contributed by atoms with Crippen molar-refractivity contribution in [1.29, 1.82) is 0 Å². The third-order valence-corrected chi connectivity index (χ3v) is 21.6. The number of carboxylic acids is 1. The number of nitrogen functional groups attached to an aromatic ring is 1. The van der Waals surface area contributed by atoms with Crippen LogP contribution in [-0.2, 0) is 62.0 Å². The van der Waals surface area contributed by atoms with Gasteiger partial charge in [-0.2, -0.15) is 8.62 Å². The number of carbonyl (C=O) groups excluding carboxylic acids is 1. The highest BCUT2D eigenvalue weighted by Crippen LogP contribution is 2.66. The second kappa shape index (κ2) is 21.3. The van der Waals surface area contributed by atoms with Gasteiger partial charge in [-0.05, 0) is 87.8 Å². The van der Waals surface area contributed by atoms with Gasteiger partial charge in [-0.25, -0.2) is 28.0 Å². The van der Waals surface area contributed by atoms with E-state index in [2.05, 4.69) is 50.5 Å². The number of carbonyl (C=O) groups is 2. The van der Waals surface area contributed by atoms with Crippen LogP contribution in [0.5, 0.6) is 11.5 Å². The number of hydrogen-bond donors (Lipinski definition) is 8. The first kappa shape index (κ1) is 55.2. The number of ether oxygens (including phenoxy) is 3. The van der Waals surface area contributed by atoms with E-state index in [0.29, 0.717) is 5.56 Å². The van der Waals surface area contributed by atoms with Crippen molar-refractivity contribution in [3.8, 4) is 11.5 Å². The molecule has 8 heterocycles. The number of carboxylic acid groups (broad SMARTS) is 1. The first-order valence-corrected chi connectivity index (χ1v) is 32.2. The quantitative estimate of drug-likeness (QED) is 0.0193. The molecule has 3 aromatic carbocycles. The van der Waals surface area contributed by atoms with Gasteiger partial charge in [0.2, 0.25) is 11.3 Å². The second-order valence-electron chi connectivity index (χ2n) is 20.7. The van der Waals surface area contributed by atoms with Gasteiger partial charge in [-0.15, -0.1) is 0 Å². The molecular formula is C49H57N7O17P3S2+. The maximum absolute atomic E-state index is 14.0. The summed E-state index contributed by atoms with van der Waals surface area (Å²) in [4.78, 5) is 90.9. The van der Waals surface area contributed by atoms with E-state index in [1.165, 1.54) is 67.2 Å². The van der Waals surface area contributed by atoms with Crippen molar-refractivity contribution in [2.75, 3.05) is 55.9 Å². The number of aromatic amines is 1. The summed E-state index contributed by atoms with van der Waals surface area (Å²) in [6.45, 7) is 7.08. The van der Waals surface area contributed by atoms with Crippen LogP contribution in [0.3, 0.4) is 0 Å². The zero-order chi connectivity index (χ0) is 55.1. The van der Waals surface area contributed by atoms with Crippen molar-refractivity contribution in [2.45, 2.75) is 101 Å². The zero-order valence-corrected chi connectivity index (χ0v) is 46.6. The van der Waals surface area contributed by atoms with E-state index in [1.54, 1.807) is 12.1 Å². The lowest BCUT2D eigenvalue weighted by molar-refractivity contribution is -0.0371. The van der Waals surface area contributed by atoms with Crippen LogP contribution in [0.4, 0.5) is 17.3 Å². The highest BCUT2D eigenvalue weighted by atomic mass is 33.1. The molecule has 4 aromatic rings. The Balaban J connectivity index is 0.796. The number of fused-ring (bicyclic) bond motifs is 5. The summed E-state index contributed by atoms with van der Waals surface area (Å²) in [7, 11) is -14.4. The Morgan fingerprint density at radius 1 is 0.949 bits per heavy atom. The number of phosphoric acid groups is 3. The molecule has 0 radical (unpaired) electrons. The van der Waals surface area contributed by atoms with Gasteiger partial charge >= 0.3 is 29.4 Å². The van der Waals surface area contributed by atoms with Crippen molar-refractivity contribution in [3.05, 3.63) is 101 Å². The number of amides is 1. The maximum atomic E-state index is 14.0. The fraction of sp³-hybridized carbons (Fsp3) is 0.469. The average Bonchev–Trinajstić information content (AvgIpc) is 3.79. The van der Waals surface area contributed by atoms with Crippen LogP contribution in [-0.4, -0.2) is 121 Å². The summed E-state index contributed by atoms with van der Waals surface area (Å²) in [5, 5.41) is 16.1. The molecule has 0 aliphatic carbocycles. The van der Waals surface area contributed by atoms with Crippen LogP contribution in [0.2, 0.25) is 0 Å². The minimum Gasteiger partial charge on any atom is -0.478 e. The fourth-order valence-electron chi connectivity index (χ4n) is 11.7. The summed E-state index contributed by atoms with van der Waals surface area (Å²) < 4.78 is 69.7. The monoisotopic (exact) mass is 1170 g/mol. The van der Waals surface area contributed by atoms with Crippen LogP contribution in [0, 0.1) is 0 Å². The van der Waals surface area contributed by atoms with Crippen molar-refractivity contribution >= 4 is 86.0 Å². The van der Waals surface area contributed by atoms with E-state index < -0.39 is 76.5 Å². The summed E-state index contributed by atoms with van der Waals surface area (Å²) in [5.74, 6) is -0.950. The SMILES string of the molecule is CC(C)(CNC(=O)c1ccc(C2=c3cc4c5c(c3Oc3c2cc2c6c3CCCN6CCC2)CCC[N+]=5CCC4)c(C(=O)O)c1)SSCOC1C[C@H](C2C=Nc3c2nc(N)[nH]c3=O)O[C@@H]1COP(=O)(O)OP(=O)(O)OP(=O)(O)O. The predicted molar refractivity (Wildman–Crippen MR) is 288 cm³/mol. The van der Waals surface area contributed by atoms with Crippen LogP contribution >= 0.6 is 45.1 Å². The number of aliphatic imine (C=N–C) groups is 1. The Morgan fingerprint density at radius 3 is 2.46 bits per heavy atom. The minimum absolute atomic E-state index is 0.00396. The van der Waals surface area contributed by atoms with Crippen LogP contribution in [0.25, 0.3) is 5.57 Å². The Kier molecular flexibility index (Phi) is 15.1. The molecule has 0 spiro atoms. The van der Waals surface area contributed by atoms with E-state index >= 15 is 0 Å². The lowest BCUT2D eigenvalue weighted by atomic mass is 9.81. The van der Waals surface area contributed by atoms with Gasteiger partial charge in [0.1, 0.15) is 36.6 Å². The van der Waals surface area contributed by atoms with E-state index in [4.69, 9.17) is 34.3 Å². The van der Waals surface area contributed by atoms with Gasteiger partial charge in [0.15, 0.2) is 5.69 Å². The molecule has 0 saturated carbocycles. The van der Waals surface area contributed by atoms with E-state index in [9.17, 15) is 43.0 Å². The number of anilines is 2. The number of benzene rings is 3. The molecule has 1 saturated heterocycles. The van der Waals surface area contributed by atoms with Crippen molar-refractivity contribution in [1.82, 2.24) is 19.9 Å². The first-order chi connectivity index (χ1) is 37.0. The molecular weight excluding hydrogens is 1120 g/mol. The Bertz CT molecular complexity index is 3550. The average molecular weight is 1170 g/mol. The maximum Gasteiger partial charge on any atom is 0.490 e. The minimum atomic E-state index is -5.81. The van der Waals surface area contributed by atoms with Gasteiger partial charge in [0, 0.05) is 88.6 Å². The third-order valence-electron chi connectivity index (χ3n) is 14.8.